The van der Waals surface area contributed by atoms with Gasteiger partial charge in [0.2, 0.25) is 0 Å². The first-order valence-electron chi connectivity index (χ1n) is 5.25. The summed E-state index contributed by atoms with van der Waals surface area (Å²) in [6.45, 7) is 14.0. The molecule has 0 bridgehead atoms. The van der Waals surface area contributed by atoms with Crippen LogP contribution in [-0.4, -0.2) is 36.3 Å². The van der Waals surface area contributed by atoms with Crippen LogP contribution < -0.4 is 0 Å². The fourth-order valence-corrected chi connectivity index (χ4v) is 5.34. The minimum Gasteiger partial charge on any atom is -0.416 e. The summed E-state index contributed by atoms with van der Waals surface area (Å²) in [6, 6.07) is 0. The molecule has 14 heavy (non-hydrogen) atoms. The van der Waals surface area contributed by atoms with Crippen LogP contribution in [0, 0.1) is 0 Å². The van der Waals surface area contributed by atoms with Gasteiger partial charge in [-0.15, -0.1) is 0 Å². The van der Waals surface area contributed by atoms with Crippen LogP contribution in [0.1, 0.15) is 13.8 Å². The molecule has 0 aromatic heterocycles. The predicted octanol–water partition coefficient (Wildman–Crippen LogP) is 2.52. The zero-order valence-electron chi connectivity index (χ0n) is 10.3. The highest BCUT2D eigenvalue weighted by atomic mass is 28.4. The topological polar surface area (TPSA) is 27.7 Å². The third kappa shape index (κ3) is 6.72. The monoisotopic (exact) mass is 236 g/mol. The van der Waals surface area contributed by atoms with Crippen molar-refractivity contribution in [3.63, 3.8) is 0 Å². The number of hydrogen-bond acceptors (Lipinski definition) is 3. The van der Waals surface area contributed by atoms with Crippen LogP contribution in [-0.2, 0) is 13.3 Å². The third-order valence-corrected chi connectivity index (χ3v) is 5.43. The highest BCUT2D eigenvalue weighted by Crippen LogP contribution is 2.12. The van der Waals surface area contributed by atoms with Gasteiger partial charge in [0.25, 0.3) is 0 Å². The van der Waals surface area contributed by atoms with Gasteiger partial charge in [0.1, 0.15) is 0 Å². The largest absolute Gasteiger partial charge is 0.416 e. The summed E-state index contributed by atoms with van der Waals surface area (Å²) < 4.78 is 17.2. The summed E-state index contributed by atoms with van der Waals surface area (Å²) in [6.07, 6.45) is 0.657. The van der Waals surface area contributed by atoms with Crippen LogP contribution in [0.3, 0.4) is 0 Å². The molecule has 0 aromatic rings. The van der Waals surface area contributed by atoms with Crippen LogP contribution in [0.2, 0.25) is 26.2 Å². The third-order valence-electron chi connectivity index (χ3n) is 1.67. The highest BCUT2D eigenvalue weighted by Gasteiger charge is 2.33. The van der Waals surface area contributed by atoms with Crippen LogP contribution >= 0.6 is 0 Å². The van der Waals surface area contributed by atoms with Crippen molar-refractivity contribution in [3.8, 4) is 0 Å². The average Bonchev–Trinajstić information content (AvgIpc) is 2.01. The Labute approximate surface area is 90.1 Å². The molecular formula is C9H24O3Si2. The summed E-state index contributed by atoms with van der Waals surface area (Å²) in [5, 5.41) is 0. The smallest absolute Gasteiger partial charge is 0.360 e. The second-order valence-electron chi connectivity index (χ2n) is 4.40. The van der Waals surface area contributed by atoms with Crippen molar-refractivity contribution in [3.05, 3.63) is 0 Å². The van der Waals surface area contributed by atoms with Crippen molar-refractivity contribution in [2.45, 2.75) is 40.0 Å². The Kier molecular flexibility index (Phi) is 6.15. The highest BCUT2D eigenvalue weighted by molar-refractivity contribution is 6.72. The van der Waals surface area contributed by atoms with Gasteiger partial charge in [-0.2, -0.15) is 0 Å². The van der Waals surface area contributed by atoms with Gasteiger partial charge in [-0.25, -0.2) is 0 Å². The Morgan fingerprint density at radius 3 is 1.50 bits per heavy atom. The summed E-state index contributed by atoms with van der Waals surface area (Å²) in [4.78, 5) is 0. The molecule has 0 heterocycles. The number of rotatable bonds is 7. The minimum atomic E-state index is -2.05. The molecule has 0 aliphatic carbocycles. The van der Waals surface area contributed by atoms with Crippen molar-refractivity contribution in [2.75, 3.05) is 19.4 Å². The van der Waals surface area contributed by atoms with E-state index in [-0.39, 0.29) is 0 Å². The van der Waals surface area contributed by atoms with Gasteiger partial charge < -0.3 is 13.3 Å². The summed E-state index contributed by atoms with van der Waals surface area (Å²) >= 11 is 0. The van der Waals surface area contributed by atoms with E-state index >= 15 is 0 Å². The summed E-state index contributed by atoms with van der Waals surface area (Å²) in [7, 11) is -3.50. The first kappa shape index (κ1) is 14.3. The molecular weight excluding hydrogens is 212 g/mol. The summed E-state index contributed by atoms with van der Waals surface area (Å²) in [5.74, 6) is 0. The van der Waals surface area contributed by atoms with Crippen molar-refractivity contribution < 1.29 is 13.3 Å². The molecule has 0 amide bonds. The molecule has 86 valence electrons. The Morgan fingerprint density at radius 1 is 0.786 bits per heavy atom. The summed E-state index contributed by atoms with van der Waals surface area (Å²) in [5.41, 5.74) is 0. The van der Waals surface area contributed by atoms with E-state index in [1.54, 1.807) is 0 Å². The lowest BCUT2D eigenvalue weighted by Crippen LogP contribution is -2.47. The van der Waals surface area contributed by atoms with Gasteiger partial charge in [-0.1, -0.05) is 0 Å². The molecule has 0 aromatic carbocycles. The fourth-order valence-electron chi connectivity index (χ4n) is 1.08. The van der Waals surface area contributed by atoms with E-state index in [1.165, 1.54) is 0 Å². The molecule has 0 saturated carbocycles. The quantitative estimate of drug-likeness (QED) is 0.636. The Morgan fingerprint density at radius 2 is 1.21 bits per heavy atom. The second kappa shape index (κ2) is 6.02. The maximum Gasteiger partial charge on any atom is 0.360 e. The molecule has 0 radical (unpaired) electrons. The molecule has 0 rings (SSSR count). The van der Waals surface area contributed by atoms with E-state index in [2.05, 4.69) is 26.2 Å². The van der Waals surface area contributed by atoms with Crippen molar-refractivity contribution in [1.82, 2.24) is 0 Å². The van der Waals surface area contributed by atoms with Crippen molar-refractivity contribution >= 4 is 16.9 Å². The first-order chi connectivity index (χ1) is 6.33. The lowest BCUT2D eigenvalue weighted by molar-refractivity contribution is 0.162. The Hall–Kier alpha value is 0.314. The van der Waals surface area contributed by atoms with Gasteiger partial charge >= 0.3 is 8.56 Å². The average molecular weight is 236 g/mol. The molecule has 0 aliphatic heterocycles. The van der Waals surface area contributed by atoms with Crippen LogP contribution in [0.15, 0.2) is 0 Å². The minimum absolute atomic E-state index is 0.657. The van der Waals surface area contributed by atoms with Gasteiger partial charge in [0.05, 0.1) is 6.23 Å². The van der Waals surface area contributed by atoms with E-state index in [4.69, 9.17) is 13.3 Å². The van der Waals surface area contributed by atoms with E-state index in [9.17, 15) is 0 Å². The Bertz CT molecular complexity index is 151. The molecule has 0 saturated heterocycles. The molecule has 0 N–H and O–H groups in total. The molecule has 0 unspecified atom stereocenters. The Balaban J connectivity index is 4.08. The maximum absolute atomic E-state index is 5.85. The number of hydrogen-bond donors (Lipinski definition) is 0. The van der Waals surface area contributed by atoms with Gasteiger partial charge in [-0.3, -0.25) is 0 Å². The zero-order chi connectivity index (χ0) is 11.2. The van der Waals surface area contributed by atoms with E-state index in [0.717, 1.165) is 0 Å². The maximum atomic E-state index is 5.85. The van der Waals surface area contributed by atoms with Crippen LogP contribution in [0.4, 0.5) is 0 Å². The van der Waals surface area contributed by atoms with Gasteiger partial charge in [-0.05, 0) is 40.0 Å². The van der Waals surface area contributed by atoms with E-state index < -0.39 is 16.9 Å². The van der Waals surface area contributed by atoms with Crippen molar-refractivity contribution in [2.24, 2.45) is 0 Å². The molecule has 0 fully saturated rings. The molecule has 3 nitrogen and oxygen atoms in total. The van der Waals surface area contributed by atoms with E-state index in [0.29, 0.717) is 19.4 Å². The lowest BCUT2D eigenvalue weighted by Gasteiger charge is -2.29. The molecule has 0 spiro atoms. The molecule has 0 atom stereocenters. The molecule has 0 aliphatic rings. The van der Waals surface area contributed by atoms with Crippen LogP contribution in [0.25, 0.3) is 0 Å². The standard InChI is InChI=1S/C9H24O3Si2/c1-7-10-14(6,11-8-2)9-12-13(3,4)5/h7-9H2,1-6H3. The van der Waals surface area contributed by atoms with Gasteiger partial charge in [0.15, 0.2) is 8.32 Å². The van der Waals surface area contributed by atoms with Crippen LogP contribution in [0.5, 0.6) is 0 Å². The zero-order valence-corrected chi connectivity index (χ0v) is 12.3. The normalized spacial score (nSPS) is 13.3. The first-order valence-corrected chi connectivity index (χ1v) is 11.2. The SMILES string of the molecule is CCO[Si](C)(CO[Si](C)(C)C)OCC. The predicted molar refractivity (Wildman–Crippen MR) is 64.2 cm³/mol. The lowest BCUT2D eigenvalue weighted by atomic mass is 10.9. The fraction of sp³-hybridized carbons (Fsp3) is 1.00. The van der Waals surface area contributed by atoms with Crippen molar-refractivity contribution in [1.29, 1.82) is 0 Å². The van der Waals surface area contributed by atoms with Gasteiger partial charge in [0, 0.05) is 13.2 Å². The molecule has 5 heteroatoms. The van der Waals surface area contributed by atoms with E-state index in [1.807, 2.05) is 13.8 Å². The second-order valence-corrected chi connectivity index (χ2v) is 12.0.